The van der Waals surface area contributed by atoms with E-state index in [-0.39, 0.29) is 19.0 Å². The van der Waals surface area contributed by atoms with Crippen LogP contribution < -0.4 is 20.1 Å². The molecule has 1 aromatic carbocycles. The largest absolute Gasteiger partial charge is 0.497 e. The molecule has 0 saturated heterocycles. The third-order valence-corrected chi connectivity index (χ3v) is 2.69. The molecule has 0 aliphatic carbocycles. The van der Waals surface area contributed by atoms with Gasteiger partial charge in [0.05, 0.1) is 14.2 Å². The first kappa shape index (κ1) is 18.6. The van der Waals surface area contributed by atoms with Gasteiger partial charge in [0.25, 0.3) is 5.91 Å². The van der Waals surface area contributed by atoms with Gasteiger partial charge in [-0.05, 0) is 32.9 Å². The second-order valence-electron chi connectivity index (χ2n) is 5.79. The first-order chi connectivity index (χ1) is 10.7. The maximum absolute atomic E-state index is 12.1. The van der Waals surface area contributed by atoms with E-state index in [0.29, 0.717) is 17.1 Å². The van der Waals surface area contributed by atoms with Gasteiger partial charge in [0.2, 0.25) is 0 Å². The zero-order chi connectivity index (χ0) is 17.5. The van der Waals surface area contributed by atoms with E-state index < -0.39 is 11.7 Å². The molecule has 1 aromatic rings. The van der Waals surface area contributed by atoms with Gasteiger partial charge in [0, 0.05) is 24.7 Å². The van der Waals surface area contributed by atoms with Crippen molar-refractivity contribution < 1.29 is 23.8 Å². The molecule has 0 aliphatic heterocycles. The molecule has 0 fully saturated rings. The van der Waals surface area contributed by atoms with Crippen molar-refractivity contribution in [3.8, 4) is 11.5 Å². The minimum Gasteiger partial charge on any atom is -0.497 e. The number of methoxy groups -OCH3 is 2. The lowest BCUT2D eigenvalue weighted by Gasteiger charge is -2.19. The van der Waals surface area contributed by atoms with Crippen molar-refractivity contribution in [3.63, 3.8) is 0 Å². The van der Waals surface area contributed by atoms with Crippen molar-refractivity contribution in [2.45, 2.75) is 26.4 Å². The van der Waals surface area contributed by atoms with E-state index in [1.807, 2.05) is 0 Å². The van der Waals surface area contributed by atoms with Crippen LogP contribution in [-0.4, -0.2) is 44.9 Å². The van der Waals surface area contributed by atoms with E-state index in [4.69, 9.17) is 14.2 Å². The Hall–Kier alpha value is -2.44. The molecular formula is C16H24N2O5. The summed E-state index contributed by atoms with van der Waals surface area (Å²) in [5.41, 5.74) is -0.136. The number of benzene rings is 1. The average Bonchev–Trinajstić information content (AvgIpc) is 2.48. The van der Waals surface area contributed by atoms with Gasteiger partial charge in [-0.2, -0.15) is 0 Å². The van der Waals surface area contributed by atoms with Gasteiger partial charge in [-0.25, -0.2) is 4.79 Å². The summed E-state index contributed by atoms with van der Waals surface area (Å²) in [6.07, 6.45) is -0.519. The molecule has 2 N–H and O–H groups in total. The summed E-state index contributed by atoms with van der Waals surface area (Å²) in [7, 11) is 3.03. The van der Waals surface area contributed by atoms with Crippen LogP contribution in [0.25, 0.3) is 0 Å². The molecule has 0 heterocycles. The third kappa shape index (κ3) is 6.90. The summed E-state index contributed by atoms with van der Waals surface area (Å²) in [4.78, 5) is 23.5. The molecule has 2 amide bonds. The van der Waals surface area contributed by atoms with E-state index in [9.17, 15) is 9.59 Å². The van der Waals surface area contributed by atoms with E-state index in [0.717, 1.165) is 0 Å². The zero-order valence-electron chi connectivity index (χ0n) is 14.2. The Morgan fingerprint density at radius 3 is 1.96 bits per heavy atom. The molecule has 1 rings (SSSR count). The van der Waals surface area contributed by atoms with E-state index in [1.54, 1.807) is 39.0 Å². The van der Waals surface area contributed by atoms with Crippen LogP contribution in [0.1, 0.15) is 31.1 Å². The van der Waals surface area contributed by atoms with Crippen molar-refractivity contribution in [3.05, 3.63) is 23.8 Å². The molecule has 0 spiro atoms. The van der Waals surface area contributed by atoms with Crippen molar-refractivity contribution >= 4 is 12.0 Å². The lowest BCUT2D eigenvalue weighted by Crippen LogP contribution is -2.37. The van der Waals surface area contributed by atoms with Gasteiger partial charge in [0.15, 0.2) is 0 Å². The fourth-order valence-electron chi connectivity index (χ4n) is 1.70. The summed E-state index contributed by atoms with van der Waals surface area (Å²) in [5, 5.41) is 5.27. The minimum absolute atomic E-state index is 0.266. The lowest BCUT2D eigenvalue weighted by atomic mass is 10.2. The highest BCUT2D eigenvalue weighted by Gasteiger charge is 2.15. The highest BCUT2D eigenvalue weighted by Crippen LogP contribution is 2.22. The number of rotatable bonds is 6. The highest BCUT2D eigenvalue weighted by atomic mass is 16.6. The van der Waals surface area contributed by atoms with Crippen LogP contribution in [0.3, 0.4) is 0 Å². The Morgan fingerprint density at radius 1 is 0.957 bits per heavy atom. The van der Waals surface area contributed by atoms with Gasteiger partial charge in [0.1, 0.15) is 17.1 Å². The number of carbonyl (C=O) groups excluding carboxylic acids is 2. The van der Waals surface area contributed by atoms with Crippen molar-refractivity contribution in [1.29, 1.82) is 0 Å². The first-order valence-corrected chi connectivity index (χ1v) is 7.23. The monoisotopic (exact) mass is 324 g/mol. The molecule has 7 nitrogen and oxygen atoms in total. The molecule has 0 aromatic heterocycles. The molecule has 7 heteroatoms. The van der Waals surface area contributed by atoms with Gasteiger partial charge < -0.3 is 24.8 Å². The number of ether oxygens (including phenoxy) is 3. The number of amides is 2. The summed E-state index contributed by atoms with van der Waals surface area (Å²) in [6, 6.07) is 4.90. The van der Waals surface area contributed by atoms with Gasteiger partial charge in [-0.3, -0.25) is 4.79 Å². The molecule has 0 atom stereocenters. The minimum atomic E-state index is -0.551. The Balaban J connectivity index is 2.47. The topological polar surface area (TPSA) is 85.9 Å². The fraction of sp³-hybridized carbons (Fsp3) is 0.500. The second-order valence-corrected chi connectivity index (χ2v) is 5.79. The smallest absolute Gasteiger partial charge is 0.407 e. The van der Waals surface area contributed by atoms with E-state index in [1.165, 1.54) is 14.2 Å². The van der Waals surface area contributed by atoms with Crippen LogP contribution in [0, 0.1) is 0 Å². The molecule has 0 bridgehead atoms. The molecule has 128 valence electrons. The number of carbonyl (C=O) groups is 2. The van der Waals surface area contributed by atoms with Crippen molar-refractivity contribution in [2.75, 3.05) is 27.3 Å². The summed E-state index contributed by atoms with van der Waals surface area (Å²) in [6.45, 7) is 5.89. The predicted molar refractivity (Wildman–Crippen MR) is 86.1 cm³/mol. The SMILES string of the molecule is COc1cc(OC)cc(C(=O)NCCNC(=O)OC(C)(C)C)c1. The molecule has 0 saturated carbocycles. The van der Waals surface area contributed by atoms with E-state index >= 15 is 0 Å². The molecule has 0 unspecified atom stereocenters. The standard InChI is InChI=1S/C16H24N2O5/c1-16(2,3)23-15(20)18-7-6-17-14(19)11-8-12(21-4)10-13(9-11)22-5/h8-10H,6-7H2,1-5H3,(H,17,19)(H,18,20). The van der Waals surface area contributed by atoms with Crippen LogP contribution >= 0.6 is 0 Å². The van der Waals surface area contributed by atoms with Crippen LogP contribution in [0.2, 0.25) is 0 Å². The van der Waals surface area contributed by atoms with Crippen molar-refractivity contribution in [1.82, 2.24) is 10.6 Å². The van der Waals surface area contributed by atoms with Crippen LogP contribution in [0.4, 0.5) is 4.79 Å². The summed E-state index contributed by atoms with van der Waals surface area (Å²) in [5.74, 6) is 0.774. The Kier molecular flexibility index (Phi) is 6.68. The molecule has 0 aliphatic rings. The van der Waals surface area contributed by atoms with Gasteiger partial charge in [-0.15, -0.1) is 0 Å². The van der Waals surface area contributed by atoms with Crippen LogP contribution in [-0.2, 0) is 4.74 Å². The normalized spacial score (nSPS) is 10.7. The quantitative estimate of drug-likeness (QED) is 0.781. The summed E-state index contributed by atoms with van der Waals surface area (Å²) < 4.78 is 15.3. The second kappa shape index (κ2) is 8.26. The number of nitrogens with one attached hydrogen (secondary N) is 2. The number of alkyl carbamates (subject to hydrolysis) is 1. The van der Waals surface area contributed by atoms with Gasteiger partial charge in [-0.1, -0.05) is 0 Å². The lowest BCUT2D eigenvalue weighted by molar-refractivity contribution is 0.0526. The van der Waals surface area contributed by atoms with Crippen LogP contribution in [0.5, 0.6) is 11.5 Å². The highest BCUT2D eigenvalue weighted by molar-refractivity contribution is 5.95. The summed E-state index contributed by atoms with van der Waals surface area (Å²) >= 11 is 0. The zero-order valence-corrected chi connectivity index (χ0v) is 14.2. The van der Waals surface area contributed by atoms with Crippen molar-refractivity contribution in [2.24, 2.45) is 0 Å². The fourth-order valence-corrected chi connectivity index (χ4v) is 1.70. The first-order valence-electron chi connectivity index (χ1n) is 7.23. The maximum Gasteiger partial charge on any atom is 0.407 e. The molecule has 0 radical (unpaired) electrons. The molecular weight excluding hydrogens is 300 g/mol. The van der Waals surface area contributed by atoms with Crippen LogP contribution in [0.15, 0.2) is 18.2 Å². The Bertz CT molecular complexity index is 530. The number of hydrogen-bond donors (Lipinski definition) is 2. The number of hydrogen-bond acceptors (Lipinski definition) is 5. The maximum atomic E-state index is 12.1. The average molecular weight is 324 g/mol. The third-order valence-electron chi connectivity index (χ3n) is 2.69. The Labute approximate surface area is 136 Å². The van der Waals surface area contributed by atoms with E-state index in [2.05, 4.69) is 10.6 Å². The Morgan fingerprint density at radius 2 is 1.48 bits per heavy atom. The molecule has 23 heavy (non-hydrogen) atoms. The van der Waals surface area contributed by atoms with Gasteiger partial charge >= 0.3 is 6.09 Å². The predicted octanol–water partition coefficient (Wildman–Crippen LogP) is 1.96.